The zero-order valence-corrected chi connectivity index (χ0v) is 16.3. The lowest BCUT2D eigenvalue weighted by atomic mass is 10.0. The number of hydrogen-bond donors (Lipinski definition) is 0. The van der Waals surface area contributed by atoms with Crippen LogP contribution >= 0.6 is 0 Å². The summed E-state index contributed by atoms with van der Waals surface area (Å²) in [6.45, 7) is 4.62. The standard InChI is InChI=1S/C20H21F3N4O2/c1-4-25-8-12(2)19(29-10-14-15(21)5-6-16(22)17(14)23)18-20(25)27-11-26(28-3)9-13(27)7-24-18/h5-9,19H,4,10-11H2,1-3H3. The summed E-state index contributed by atoms with van der Waals surface area (Å²) >= 11 is 0. The molecule has 6 nitrogen and oxygen atoms in total. The molecule has 1 unspecified atom stereocenters. The predicted molar refractivity (Wildman–Crippen MR) is 100 cm³/mol. The second kappa shape index (κ2) is 7.57. The number of benzene rings is 1. The highest BCUT2D eigenvalue weighted by atomic mass is 19.2. The van der Waals surface area contributed by atoms with Gasteiger partial charge in [0.15, 0.2) is 11.6 Å². The fourth-order valence-electron chi connectivity index (χ4n) is 3.61. The van der Waals surface area contributed by atoms with E-state index >= 15 is 0 Å². The fraction of sp³-hybridized carbons (Fsp3) is 0.350. The van der Waals surface area contributed by atoms with Gasteiger partial charge in [0.1, 0.15) is 30.1 Å². The number of hydroxylamine groups is 2. The van der Waals surface area contributed by atoms with E-state index in [4.69, 9.17) is 9.57 Å². The molecule has 1 aromatic rings. The van der Waals surface area contributed by atoms with Gasteiger partial charge < -0.3 is 14.5 Å². The summed E-state index contributed by atoms with van der Waals surface area (Å²) < 4.78 is 47.4. The van der Waals surface area contributed by atoms with Crippen LogP contribution in [0.2, 0.25) is 0 Å². The smallest absolute Gasteiger partial charge is 0.167 e. The van der Waals surface area contributed by atoms with Crippen molar-refractivity contribution in [3.63, 3.8) is 0 Å². The second-order valence-electron chi connectivity index (χ2n) is 6.86. The summed E-state index contributed by atoms with van der Waals surface area (Å²) in [5.74, 6) is -2.38. The van der Waals surface area contributed by atoms with Crippen LogP contribution in [0.4, 0.5) is 13.2 Å². The van der Waals surface area contributed by atoms with Crippen LogP contribution in [-0.2, 0) is 16.2 Å². The maximum absolute atomic E-state index is 14.0. The molecule has 0 N–H and O–H groups in total. The van der Waals surface area contributed by atoms with Crippen LogP contribution in [0.3, 0.4) is 0 Å². The molecule has 3 heterocycles. The Morgan fingerprint density at radius 1 is 1.17 bits per heavy atom. The molecule has 0 spiro atoms. The molecule has 4 rings (SSSR count). The molecule has 0 aliphatic carbocycles. The third kappa shape index (κ3) is 3.30. The van der Waals surface area contributed by atoms with E-state index in [1.54, 1.807) is 18.4 Å². The van der Waals surface area contributed by atoms with E-state index in [0.717, 1.165) is 29.2 Å². The Morgan fingerprint density at radius 3 is 2.66 bits per heavy atom. The largest absolute Gasteiger partial charge is 0.362 e. The average molecular weight is 406 g/mol. The summed E-state index contributed by atoms with van der Waals surface area (Å²) in [6, 6.07) is 1.65. The van der Waals surface area contributed by atoms with Crippen molar-refractivity contribution in [2.75, 3.05) is 20.3 Å². The van der Waals surface area contributed by atoms with Gasteiger partial charge in [0, 0.05) is 12.7 Å². The molecule has 0 saturated carbocycles. The highest BCUT2D eigenvalue weighted by Gasteiger charge is 2.37. The topological polar surface area (TPSA) is 40.5 Å². The van der Waals surface area contributed by atoms with Crippen LogP contribution in [0.5, 0.6) is 0 Å². The quantitative estimate of drug-likeness (QED) is 0.701. The van der Waals surface area contributed by atoms with Crippen molar-refractivity contribution < 1.29 is 22.7 Å². The first-order valence-corrected chi connectivity index (χ1v) is 9.21. The Bertz CT molecular complexity index is 957. The zero-order valence-electron chi connectivity index (χ0n) is 16.3. The van der Waals surface area contributed by atoms with Gasteiger partial charge in [-0.25, -0.2) is 18.2 Å². The molecule has 0 bridgehead atoms. The van der Waals surface area contributed by atoms with E-state index in [0.29, 0.717) is 18.9 Å². The molecule has 154 valence electrons. The van der Waals surface area contributed by atoms with E-state index < -0.39 is 35.7 Å². The van der Waals surface area contributed by atoms with Crippen molar-refractivity contribution in [3.8, 4) is 0 Å². The molecular formula is C20H21F3N4O2. The molecular weight excluding hydrogens is 385 g/mol. The zero-order chi connectivity index (χ0) is 20.7. The average Bonchev–Trinajstić information content (AvgIpc) is 3.15. The van der Waals surface area contributed by atoms with Gasteiger partial charge >= 0.3 is 0 Å². The number of aliphatic imine (C=N–C) groups is 1. The molecule has 1 aromatic carbocycles. The van der Waals surface area contributed by atoms with Gasteiger partial charge in [0.2, 0.25) is 0 Å². The fourth-order valence-corrected chi connectivity index (χ4v) is 3.61. The number of allylic oxidation sites excluding steroid dienone is 1. The predicted octanol–water partition coefficient (Wildman–Crippen LogP) is 3.46. The minimum absolute atomic E-state index is 0.420. The summed E-state index contributed by atoms with van der Waals surface area (Å²) in [6.07, 6.45) is 4.84. The van der Waals surface area contributed by atoms with Crippen LogP contribution in [0.25, 0.3) is 0 Å². The molecule has 0 amide bonds. The van der Waals surface area contributed by atoms with Crippen molar-refractivity contribution in [2.24, 2.45) is 4.99 Å². The Kier molecular flexibility index (Phi) is 5.10. The Labute approximate surface area is 166 Å². The number of fused-ring (bicyclic) bond motifs is 2. The van der Waals surface area contributed by atoms with E-state index in [2.05, 4.69) is 4.99 Å². The van der Waals surface area contributed by atoms with Crippen molar-refractivity contribution in [1.82, 2.24) is 14.9 Å². The number of ether oxygens (including phenoxy) is 1. The minimum atomic E-state index is -1.24. The second-order valence-corrected chi connectivity index (χ2v) is 6.86. The van der Waals surface area contributed by atoms with E-state index in [1.807, 2.05) is 36.0 Å². The Hall–Kier alpha value is -2.78. The van der Waals surface area contributed by atoms with Crippen molar-refractivity contribution in [3.05, 3.63) is 70.3 Å². The van der Waals surface area contributed by atoms with Crippen molar-refractivity contribution in [1.29, 1.82) is 0 Å². The number of nitrogens with zero attached hydrogens (tertiary/aromatic N) is 4. The lowest BCUT2D eigenvalue weighted by Crippen LogP contribution is -2.41. The van der Waals surface area contributed by atoms with E-state index in [9.17, 15) is 13.2 Å². The van der Waals surface area contributed by atoms with Gasteiger partial charge in [-0.3, -0.25) is 9.83 Å². The van der Waals surface area contributed by atoms with Crippen LogP contribution in [-0.4, -0.2) is 47.5 Å². The molecule has 29 heavy (non-hydrogen) atoms. The van der Waals surface area contributed by atoms with Crippen LogP contribution in [0.15, 0.2) is 52.3 Å². The minimum Gasteiger partial charge on any atom is -0.362 e. The Morgan fingerprint density at radius 2 is 1.93 bits per heavy atom. The molecule has 0 fully saturated rings. The van der Waals surface area contributed by atoms with Crippen LogP contribution in [0.1, 0.15) is 19.4 Å². The van der Waals surface area contributed by atoms with Crippen LogP contribution in [0, 0.1) is 17.5 Å². The normalized spacial score (nSPS) is 20.8. The highest BCUT2D eigenvalue weighted by molar-refractivity contribution is 5.81. The lowest BCUT2D eigenvalue weighted by molar-refractivity contribution is -0.0970. The van der Waals surface area contributed by atoms with Gasteiger partial charge in [0.25, 0.3) is 0 Å². The molecule has 0 radical (unpaired) electrons. The third-order valence-electron chi connectivity index (χ3n) is 5.09. The van der Waals surface area contributed by atoms with Gasteiger partial charge in [0.05, 0.1) is 37.4 Å². The van der Waals surface area contributed by atoms with Crippen molar-refractivity contribution in [2.45, 2.75) is 26.6 Å². The molecule has 3 aliphatic rings. The first-order valence-electron chi connectivity index (χ1n) is 9.21. The number of hydrogen-bond acceptors (Lipinski definition) is 6. The maximum Gasteiger partial charge on any atom is 0.167 e. The SMILES string of the molecule is CCN1C=C(C)C(OCc2c(F)ccc(F)c2F)C2=C1N1CN(OC)C=C1C=N2. The number of halogens is 3. The molecule has 9 heteroatoms. The first-order chi connectivity index (χ1) is 13.9. The van der Waals surface area contributed by atoms with Gasteiger partial charge in [-0.15, -0.1) is 0 Å². The van der Waals surface area contributed by atoms with Gasteiger partial charge in [-0.05, 0) is 31.6 Å². The van der Waals surface area contributed by atoms with Gasteiger partial charge in [-0.1, -0.05) is 0 Å². The molecule has 3 aliphatic heterocycles. The van der Waals surface area contributed by atoms with E-state index in [-0.39, 0.29) is 0 Å². The summed E-state index contributed by atoms with van der Waals surface area (Å²) in [5, 5.41) is 1.67. The third-order valence-corrected chi connectivity index (χ3v) is 5.09. The molecule has 1 atom stereocenters. The summed E-state index contributed by atoms with van der Waals surface area (Å²) in [7, 11) is 1.58. The number of rotatable bonds is 5. The van der Waals surface area contributed by atoms with Crippen molar-refractivity contribution >= 4 is 6.21 Å². The van der Waals surface area contributed by atoms with Crippen LogP contribution < -0.4 is 0 Å². The van der Waals surface area contributed by atoms with Gasteiger partial charge in [-0.2, -0.15) is 0 Å². The first kappa shape index (κ1) is 19.5. The van der Waals surface area contributed by atoms with E-state index in [1.165, 1.54) is 0 Å². The Balaban J connectivity index is 1.65. The maximum atomic E-state index is 14.0. The monoisotopic (exact) mass is 406 g/mol. The lowest BCUT2D eigenvalue weighted by Gasteiger charge is -2.40. The summed E-state index contributed by atoms with van der Waals surface area (Å²) in [5.41, 5.74) is 1.87. The summed E-state index contributed by atoms with van der Waals surface area (Å²) in [4.78, 5) is 13.9. The molecule has 0 aromatic heterocycles. The molecule has 0 saturated heterocycles. The highest BCUT2D eigenvalue weighted by Crippen LogP contribution is 2.37.